The van der Waals surface area contributed by atoms with Crippen molar-refractivity contribution in [3.8, 4) is 0 Å². The standard InChI is InChI=1S/C10H14N2.2ClH/c1-8-2-5-12-10(6-8)9-3-4-11-7-9;;/h2,5-6,9,11H,3-4,7H2,1H3;2*1H. The van der Waals surface area contributed by atoms with Crippen LogP contribution in [0.4, 0.5) is 0 Å². The molecule has 2 nitrogen and oxygen atoms in total. The van der Waals surface area contributed by atoms with E-state index in [-0.39, 0.29) is 24.8 Å². The summed E-state index contributed by atoms with van der Waals surface area (Å²) in [6, 6.07) is 4.24. The summed E-state index contributed by atoms with van der Waals surface area (Å²) in [5.74, 6) is 0.643. The van der Waals surface area contributed by atoms with Crippen LogP contribution in [0.1, 0.15) is 23.6 Å². The minimum Gasteiger partial charge on any atom is -0.316 e. The highest BCUT2D eigenvalue weighted by Crippen LogP contribution is 2.20. The molecule has 0 amide bonds. The van der Waals surface area contributed by atoms with Crippen molar-refractivity contribution in [2.45, 2.75) is 19.3 Å². The maximum Gasteiger partial charge on any atom is 0.0450 e. The van der Waals surface area contributed by atoms with Gasteiger partial charge in [0.2, 0.25) is 0 Å². The molecular formula is C10H16Cl2N2. The molecule has 4 heteroatoms. The second kappa shape index (κ2) is 6.23. The molecule has 1 saturated heterocycles. The Morgan fingerprint density at radius 2 is 2.21 bits per heavy atom. The van der Waals surface area contributed by atoms with Gasteiger partial charge in [-0.2, -0.15) is 0 Å². The molecule has 14 heavy (non-hydrogen) atoms. The van der Waals surface area contributed by atoms with Crippen LogP contribution >= 0.6 is 24.8 Å². The Kier molecular flexibility index (Phi) is 6.09. The van der Waals surface area contributed by atoms with E-state index in [0.29, 0.717) is 5.92 Å². The van der Waals surface area contributed by atoms with E-state index in [9.17, 15) is 0 Å². The molecule has 0 aliphatic carbocycles. The van der Waals surface area contributed by atoms with Crippen LogP contribution in [0.25, 0.3) is 0 Å². The lowest BCUT2D eigenvalue weighted by molar-refractivity contribution is 0.734. The first-order valence-corrected chi connectivity index (χ1v) is 4.49. The fourth-order valence-corrected chi connectivity index (χ4v) is 1.69. The number of hydrogen-bond donors (Lipinski definition) is 1. The molecule has 1 fully saturated rings. The van der Waals surface area contributed by atoms with Gasteiger partial charge in [0, 0.05) is 24.4 Å². The summed E-state index contributed by atoms with van der Waals surface area (Å²) in [4.78, 5) is 4.38. The van der Waals surface area contributed by atoms with Crippen molar-refractivity contribution in [2.24, 2.45) is 0 Å². The molecule has 1 N–H and O–H groups in total. The number of hydrogen-bond acceptors (Lipinski definition) is 2. The molecule has 1 aromatic rings. The lowest BCUT2D eigenvalue weighted by Crippen LogP contribution is -2.08. The Balaban J connectivity index is 0.000000845. The Labute approximate surface area is 97.3 Å². The van der Waals surface area contributed by atoms with E-state index >= 15 is 0 Å². The summed E-state index contributed by atoms with van der Waals surface area (Å²) in [6.45, 7) is 4.35. The van der Waals surface area contributed by atoms with Crippen LogP contribution in [-0.2, 0) is 0 Å². The molecule has 0 aromatic carbocycles. The second-order valence-corrected chi connectivity index (χ2v) is 3.45. The molecule has 2 heterocycles. The summed E-state index contributed by atoms with van der Waals surface area (Å²) in [6.07, 6.45) is 3.14. The third kappa shape index (κ3) is 3.12. The highest BCUT2D eigenvalue weighted by molar-refractivity contribution is 5.85. The number of aryl methyl sites for hydroxylation is 1. The lowest BCUT2D eigenvalue weighted by atomic mass is 10.0. The van der Waals surface area contributed by atoms with Crippen molar-refractivity contribution in [3.63, 3.8) is 0 Å². The Hall–Kier alpha value is -0.310. The minimum atomic E-state index is 0. The van der Waals surface area contributed by atoms with Gasteiger partial charge in [-0.25, -0.2) is 0 Å². The molecule has 1 unspecified atom stereocenters. The van der Waals surface area contributed by atoms with Gasteiger partial charge in [0.25, 0.3) is 0 Å². The van der Waals surface area contributed by atoms with Crippen LogP contribution in [0, 0.1) is 6.92 Å². The Bertz CT molecular complexity index is 273. The van der Waals surface area contributed by atoms with Gasteiger partial charge >= 0.3 is 0 Å². The highest BCUT2D eigenvalue weighted by atomic mass is 35.5. The number of nitrogens with zero attached hydrogens (tertiary/aromatic N) is 1. The van der Waals surface area contributed by atoms with Crippen molar-refractivity contribution in [2.75, 3.05) is 13.1 Å². The molecule has 1 atom stereocenters. The molecule has 1 aliphatic heterocycles. The molecule has 0 radical (unpaired) electrons. The molecule has 0 bridgehead atoms. The van der Waals surface area contributed by atoms with Gasteiger partial charge in [-0.1, -0.05) is 0 Å². The predicted molar refractivity (Wildman–Crippen MR) is 63.7 cm³/mol. The molecule has 80 valence electrons. The van der Waals surface area contributed by atoms with Crippen LogP contribution in [0.15, 0.2) is 18.3 Å². The largest absolute Gasteiger partial charge is 0.316 e. The van der Waals surface area contributed by atoms with Gasteiger partial charge in [0.15, 0.2) is 0 Å². The SMILES string of the molecule is Cc1ccnc(C2CCNC2)c1.Cl.Cl. The molecule has 1 aliphatic rings. The lowest BCUT2D eigenvalue weighted by Gasteiger charge is -2.07. The summed E-state index contributed by atoms with van der Waals surface area (Å²) in [7, 11) is 0. The van der Waals surface area contributed by atoms with Crippen molar-refractivity contribution in [1.29, 1.82) is 0 Å². The van der Waals surface area contributed by atoms with Crippen LogP contribution < -0.4 is 5.32 Å². The zero-order valence-electron chi connectivity index (χ0n) is 8.19. The Morgan fingerprint density at radius 1 is 1.43 bits per heavy atom. The van der Waals surface area contributed by atoms with Crippen molar-refractivity contribution in [1.82, 2.24) is 10.3 Å². The van der Waals surface area contributed by atoms with Crippen molar-refractivity contribution < 1.29 is 0 Å². The van der Waals surface area contributed by atoms with Gasteiger partial charge in [-0.05, 0) is 37.6 Å². The summed E-state index contributed by atoms with van der Waals surface area (Å²) >= 11 is 0. The van der Waals surface area contributed by atoms with Crippen LogP contribution in [0.3, 0.4) is 0 Å². The highest BCUT2D eigenvalue weighted by Gasteiger charge is 2.17. The summed E-state index contributed by atoms with van der Waals surface area (Å²) in [5, 5.41) is 3.35. The number of aromatic nitrogens is 1. The number of rotatable bonds is 1. The van der Waals surface area contributed by atoms with Crippen LogP contribution in [0.2, 0.25) is 0 Å². The number of nitrogens with one attached hydrogen (secondary N) is 1. The predicted octanol–water partition coefficient (Wildman–Crippen LogP) is 2.31. The maximum atomic E-state index is 4.38. The minimum absolute atomic E-state index is 0. The van der Waals surface area contributed by atoms with Crippen molar-refractivity contribution in [3.05, 3.63) is 29.6 Å². The summed E-state index contributed by atoms with van der Waals surface area (Å²) < 4.78 is 0. The topological polar surface area (TPSA) is 24.9 Å². The van der Waals surface area contributed by atoms with E-state index in [2.05, 4.69) is 23.3 Å². The smallest absolute Gasteiger partial charge is 0.0450 e. The zero-order chi connectivity index (χ0) is 8.39. The van der Waals surface area contributed by atoms with E-state index in [1.54, 1.807) is 0 Å². The summed E-state index contributed by atoms with van der Waals surface area (Å²) in [5.41, 5.74) is 2.56. The zero-order valence-corrected chi connectivity index (χ0v) is 9.83. The van der Waals surface area contributed by atoms with E-state index in [0.717, 1.165) is 13.1 Å². The van der Waals surface area contributed by atoms with E-state index < -0.39 is 0 Å². The van der Waals surface area contributed by atoms with Gasteiger partial charge in [0.05, 0.1) is 0 Å². The third-order valence-corrected chi connectivity index (χ3v) is 2.42. The molecular weight excluding hydrogens is 219 g/mol. The molecule has 0 saturated carbocycles. The molecule has 0 spiro atoms. The van der Waals surface area contributed by atoms with Gasteiger partial charge in [-0.3, -0.25) is 4.98 Å². The third-order valence-electron chi connectivity index (χ3n) is 2.42. The fourth-order valence-electron chi connectivity index (χ4n) is 1.69. The van der Waals surface area contributed by atoms with E-state index in [1.165, 1.54) is 17.7 Å². The fraction of sp³-hybridized carbons (Fsp3) is 0.500. The first-order chi connectivity index (χ1) is 5.86. The van der Waals surface area contributed by atoms with Gasteiger partial charge < -0.3 is 5.32 Å². The van der Waals surface area contributed by atoms with Crippen LogP contribution in [-0.4, -0.2) is 18.1 Å². The molecule has 1 aromatic heterocycles. The molecule has 2 rings (SSSR count). The Morgan fingerprint density at radius 3 is 2.79 bits per heavy atom. The second-order valence-electron chi connectivity index (χ2n) is 3.45. The maximum absolute atomic E-state index is 4.38. The van der Waals surface area contributed by atoms with Gasteiger partial charge in [0.1, 0.15) is 0 Å². The van der Waals surface area contributed by atoms with Crippen molar-refractivity contribution >= 4 is 24.8 Å². The van der Waals surface area contributed by atoms with Gasteiger partial charge in [-0.15, -0.1) is 24.8 Å². The normalized spacial score (nSPS) is 19.6. The monoisotopic (exact) mass is 234 g/mol. The number of halogens is 2. The van der Waals surface area contributed by atoms with E-state index in [4.69, 9.17) is 0 Å². The first kappa shape index (κ1) is 13.7. The number of pyridine rings is 1. The van der Waals surface area contributed by atoms with E-state index in [1.807, 2.05) is 12.3 Å². The quantitative estimate of drug-likeness (QED) is 0.807. The van der Waals surface area contributed by atoms with Crippen LogP contribution in [0.5, 0.6) is 0 Å². The average molecular weight is 235 g/mol. The average Bonchev–Trinajstić information content (AvgIpc) is 2.56. The first-order valence-electron chi connectivity index (χ1n) is 4.49.